The highest BCUT2D eigenvalue weighted by atomic mass is 14.8. The predicted molar refractivity (Wildman–Crippen MR) is 58.8 cm³/mol. The minimum absolute atomic E-state index is 0.937. The second-order valence-corrected chi connectivity index (χ2v) is 3.77. The van der Waals surface area contributed by atoms with Crippen LogP contribution in [0, 0.1) is 5.92 Å². The van der Waals surface area contributed by atoms with E-state index < -0.39 is 0 Å². The number of hydrogen-bond acceptors (Lipinski definition) is 1. The highest BCUT2D eigenvalue weighted by Gasteiger charge is 2.08. The highest BCUT2D eigenvalue weighted by Crippen LogP contribution is 2.20. The van der Waals surface area contributed by atoms with Gasteiger partial charge in [-0.3, -0.25) is 0 Å². The molecule has 1 nitrogen and oxygen atoms in total. The summed E-state index contributed by atoms with van der Waals surface area (Å²) in [4.78, 5) is 0. The Morgan fingerprint density at radius 3 is 2.62 bits per heavy atom. The van der Waals surface area contributed by atoms with Gasteiger partial charge in [0.1, 0.15) is 0 Å². The van der Waals surface area contributed by atoms with Gasteiger partial charge in [0.15, 0.2) is 0 Å². The normalized spacial score (nSPS) is 18.5. The molecular formula is C12H21N. The second kappa shape index (κ2) is 6.90. The van der Waals surface area contributed by atoms with E-state index >= 15 is 0 Å². The molecule has 0 aromatic rings. The summed E-state index contributed by atoms with van der Waals surface area (Å²) in [7, 11) is 0. The van der Waals surface area contributed by atoms with E-state index in [1.165, 1.54) is 32.1 Å². The molecule has 0 saturated carbocycles. The molecule has 0 unspecified atom stereocenters. The topological polar surface area (TPSA) is 12.0 Å². The van der Waals surface area contributed by atoms with Gasteiger partial charge in [0.2, 0.25) is 0 Å². The van der Waals surface area contributed by atoms with Gasteiger partial charge < -0.3 is 5.32 Å². The Kier molecular flexibility index (Phi) is 5.59. The zero-order valence-electron chi connectivity index (χ0n) is 8.47. The Hall–Kier alpha value is -0.560. The highest BCUT2D eigenvalue weighted by molar-refractivity contribution is 4.86. The molecule has 0 radical (unpaired) electrons. The van der Waals surface area contributed by atoms with Gasteiger partial charge in [-0.05, 0) is 44.6 Å². The SMILES string of the molecule is C=CCNCCC1CCC=CCC1. The van der Waals surface area contributed by atoms with Crippen molar-refractivity contribution in [1.82, 2.24) is 5.32 Å². The van der Waals surface area contributed by atoms with Crippen LogP contribution in [-0.4, -0.2) is 13.1 Å². The summed E-state index contributed by atoms with van der Waals surface area (Å²) in [6.07, 6.45) is 13.2. The lowest BCUT2D eigenvalue weighted by Crippen LogP contribution is -2.17. The molecule has 0 fully saturated rings. The van der Waals surface area contributed by atoms with Crippen LogP contribution < -0.4 is 5.32 Å². The van der Waals surface area contributed by atoms with Crippen molar-refractivity contribution in [1.29, 1.82) is 0 Å². The quantitative estimate of drug-likeness (QED) is 0.505. The molecule has 0 aromatic heterocycles. The van der Waals surface area contributed by atoms with Gasteiger partial charge in [0.05, 0.1) is 0 Å². The summed E-state index contributed by atoms with van der Waals surface area (Å²) >= 11 is 0. The third kappa shape index (κ3) is 4.89. The fourth-order valence-electron chi connectivity index (χ4n) is 1.84. The van der Waals surface area contributed by atoms with Gasteiger partial charge in [0, 0.05) is 6.54 Å². The van der Waals surface area contributed by atoms with Gasteiger partial charge in [0.25, 0.3) is 0 Å². The summed E-state index contributed by atoms with van der Waals surface area (Å²) in [5.74, 6) is 0.937. The predicted octanol–water partition coefficient (Wildman–Crippen LogP) is 2.90. The lowest BCUT2D eigenvalue weighted by atomic mass is 9.96. The molecule has 13 heavy (non-hydrogen) atoms. The summed E-state index contributed by atoms with van der Waals surface area (Å²) in [6, 6.07) is 0. The maximum atomic E-state index is 3.69. The van der Waals surface area contributed by atoms with E-state index in [9.17, 15) is 0 Å². The molecule has 1 N–H and O–H groups in total. The molecule has 0 saturated heterocycles. The van der Waals surface area contributed by atoms with Crippen LogP contribution in [0.25, 0.3) is 0 Å². The Bertz CT molecular complexity index is 151. The lowest BCUT2D eigenvalue weighted by Gasteiger charge is -2.13. The van der Waals surface area contributed by atoms with Crippen molar-refractivity contribution in [3.63, 3.8) is 0 Å². The fourth-order valence-corrected chi connectivity index (χ4v) is 1.84. The molecule has 0 amide bonds. The molecule has 0 heterocycles. The Labute approximate surface area is 81.9 Å². The van der Waals surface area contributed by atoms with Crippen LogP contribution in [0.3, 0.4) is 0 Å². The summed E-state index contributed by atoms with van der Waals surface area (Å²) in [5.41, 5.74) is 0. The average molecular weight is 179 g/mol. The monoisotopic (exact) mass is 179 g/mol. The molecule has 1 aliphatic carbocycles. The van der Waals surface area contributed by atoms with Crippen molar-refractivity contribution in [2.45, 2.75) is 32.1 Å². The van der Waals surface area contributed by atoms with Crippen LogP contribution in [-0.2, 0) is 0 Å². The molecule has 0 bridgehead atoms. The summed E-state index contributed by atoms with van der Waals surface area (Å²) < 4.78 is 0. The van der Waals surface area contributed by atoms with E-state index in [2.05, 4.69) is 24.0 Å². The Morgan fingerprint density at radius 2 is 2.00 bits per heavy atom. The Morgan fingerprint density at radius 1 is 1.31 bits per heavy atom. The van der Waals surface area contributed by atoms with E-state index in [0.29, 0.717) is 0 Å². The lowest BCUT2D eigenvalue weighted by molar-refractivity contribution is 0.424. The summed E-state index contributed by atoms with van der Waals surface area (Å²) in [5, 5.41) is 3.36. The molecule has 1 heteroatoms. The first-order valence-electron chi connectivity index (χ1n) is 5.40. The largest absolute Gasteiger partial charge is 0.313 e. The number of nitrogens with one attached hydrogen (secondary N) is 1. The van der Waals surface area contributed by atoms with Crippen molar-refractivity contribution in [2.75, 3.05) is 13.1 Å². The molecule has 74 valence electrons. The van der Waals surface area contributed by atoms with Crippen LogP contribution in [0.15, 0.2) is 24.8 Å². The number of allylic oxidation sites excluding steroid dienone is 2. The van der Waals surface area contributed by atoms with Crippen LogP contribution in [0.1, 0.15) is 32.1 Å². The first kappa shape index (κ1) is 10.5. The molecular weight excluding hydrogens is 158 g/mol. The van der Waals surface area contributed by atoms with E-state index in [-0.39, 0.29) is 0 Å². The van der Waals surface area contributed by atoms with E-state index in [4.69, 9.17) is 0 Å². The third-order valence-electron chi connectivity index (χ3n) is 2.67. The minimum Gasteiger partial charge on any atom is -0.313 e. The average Bonchev–Trinajstić information content (AvgIpc) is 2.41. The van der Waals surface area contributed by atoms with Crippen LogP contribution >= 0.6 is 0 Å². The molecule has 1 aliphatic rings. The van der Waals surface area contributed by atoms with Gasteiger partial charge in [-0.15, -0.1) is 6.58 Å². The van der Waals surface area contributed by atoms with Crippen LogP contribution in [0.2, 0.25) is 0 Å². The smallest absolute Gasteiger partial charge is 0.0132 e. The molecule has 0 aromatic carbocycles. The van der Waals surface area contributed by atoms with Crippen molar-refractivity contribution >= 4 is 0 Å². The third-order valence-corrected chi connectivity index (χ3v) is 2.67. The van der Waals surface area contributed by atoms with Gasteiger partial charge in [-0.25, -0.2) is 0 Å². The maximum Gasteiger partial charge on any atom is 0.0132 e. The van der Waals surface area contributed by atoms with Gasteiger partial charge in [-0.2, -0.15) is 0 Å². The maximum absolute atomic E-state index is 3.69. The molecule has 0 spiro atoms. The second-order valence-electron chi connectivity index (χ2n) is 3.77. The zero-order valence-corrected chi connectivity index (χ0v) is 8.47. The van der Waals surface area contributed by atoms with Crippen LogP contribution in [0.5, 0.6) is 0 Å². The minimum atomic E-state index is 0.937. The van der Waals surface area contributed by atoms with E-state index in [1.54, 1.807) is 0 Å². The summed E-state index contributed by atoms with van der Waals surface area (Å²) in [6.45, 7) is 5.79. The molecule has 1 rings (SSSR count). The van der Waals surface area contributed by atoms with E-state index in [1.807, 2.05) is 6.08 Å². The van der Waals surface area contributed by atoms with Crippen molar-refractivity contribution in [3.05, 3.63) is 24.8 Å². The van der Waals surface area contributed by atoms with Crippen molar-refractivity contribution in [2.24, 2.45) is 5.92 Å². The van der Waals surface area contributed by atoms with Crippen LogP contribution in [0.4, 0.5) is 0 Å². The standard InChI is InChI=1S/C12H21N/c1-2-10-13-11-9-12-7-5-3-4-6-8-12/h2-4,12-13H,1,5-11H2. The van der Waals surface area contributed by atoms with Crippen molar-refractivity contribution < 1.29 is 0 Å². The number of hydrogen-bond donors (Lipinski definition) is 1. The van der Waals surface area contributed by atoms with Crippen molar-refractivity contribution in [3.8, 4) is 0 Å². The first-order valence-corrected chi connectivity index (χ1v) is 5.40. The van der Waals surface area contributed by atoms with E-state index in [0.717, 1.165) is 19.0 Å². The van der Waals surface area contributed by atoms with Gasteiger partial charge >= 0.3 is 0 Å². The molecule has 0 atom stereocenters. The van der Waals surface area contributed by atoms with Gasteiger partial charge in [-0.1, -0.05) is 18.2 Å². The molecule has 0 aliphatic heterocycles. The number of rotatable bonds is 5. The fraction of sp³-hybridized carbons (Fsp3) is 0.667. The Balaban J connectivity index is 2.03. The first-order chi connectivity index (χ1) is 6.43. The zero-order chi connectivity index (χ0) is 9.36.